The number of carbonyl (C=O) groups is 1. The molecular formula is C20H20N2O3S. The number of nitrogens with one attached hydrogen (secondary N) is 1. The number of benzene rings is 2. The van der Waals surface area contributed by atoms with E-state index in [0.717, 1.165) is 22.0 Å². The number of hydrogen-bond acceptors (Lipinski definition) is 5. The van der Waals surface area contributed by atoms with Crippen LogP contribution < -0.4 is 14.8 Å². The standard InChI is InChI=1S/C20H20N2O3S/c1-3-24-17-10-6-16(7-11-17)22-19(23)12-25-18-8-4-15(5-9-18)20-21-14(2)13-26-20/h4-11,13H,3,12H2,1-2H3,(H,22,23). The summed E-state index contributed by atoms with van der Waals surface area (Å²) >= 11 is 1.61. The highest BCUT2D eigenvalue weighted by atomic mass is 32.1. The normalized spacial score (nSPS) is 10.4. The van der Waals surface area contributed by atoms with E-state index in [0.29, 0.717) is 18.0 Å². The number of carbonyl (C=O) groups excluding carboxylic acids is 1. The smallest absolute Gasteiger partial charge is 0.262 e. The molecule has 1 amide bonds. The van der Waals surface area contributed by atoms with Gasteiger partial charge >= 0.3 is 0 Å². The van der Waals surface area contributed by atoms with Crippen LogP contribution in [-0.4, -0.2) is 24.1 Å². The number of anilines is 1. The van der Waals surface area contributed by atoms with Crippen LogP contribution in [0.5, 0.6) is 11.5 Å². The van der Waals surface area contributed by atoms with Gasteiger partial charge in [-0.05, 0) is 62.4 Å². The molecule has 3 aromatic rings. The first-order valence-corrected chi connectivity index (χ1v) is 9.20. The van der Waals surface area contributed by atoms with E-state index in [-0.39, 0.29) is 12.5 Å². The average Bonchev–Trinajstić information content (AvgIpc) is 3.09. The number of thiazole rings is 1. The lowest BCUT2D eigenvalue weighted by Crippen LogP contribution is -2.20. The Hall–Kier alpha value is -2.86. The Balaban J connectivity index is 1.51. The average molecular weight is 368 g/mol. The van der Waals surface area contributed by atoms with Gasteiger partial charge in [-0.1, -0.05) is 0 Å². The van der Waals surface area contributed by atoms with Gasteiger partial charge in [0.1, 0.15) is 16.5 Å². The maximum absolute atomic E-state index is 12.0. The molecule has 5 nitrogen and oxygen atoms in total. The van der Waals surface area contributed by atoms with E-state index >= 15 is 0 Å². The molecule has 26 heavy (non-hydrogen) atoms. The second kappa shape index (κ2) is 8.49. The van der Waals surface area contributed by atoms with Crippen LogP contribution >= 0.6 is 11.3 Å². The number of amides is 1. The highest BCUT2D eigenvalue weighted by molar-refractivity contribution is 7.13. The zero-order valence-electron chi connectivity index (χ0n) is 14.7. The molecule has 1 N–H and O–H groups in total. The highest BCUT2D eigenvalue weighted by Crippen LogP contribution is 2.25. The van der Waals surface area contributed by atoms with Crippen molar-refractivity contribution in [1.29, 1.82) is 0 Å². The third kappa shape index (κ3) is 4.83. The maximum atomic E-state index is 12.0. The molecule has 0 aliphatic rings. The minimum absolute atomic E-state index is 0.0527. The van der Waals surface area contributed by atoms with Crippen LogP contribution in [0.2, 0.25) is 0 Å². The van der Waals surface area contributed by atoms with Crippen LogP contribution in [0.1, 0.15) is 12.6 Å². The predicted molar refractivity (Wildman–Crippen MR) is 104 cm³/mol. The van der Waals surface area contributed by atoms with Crippen LogP contribution in [-0.2, 0) is 4.79 Å². The van der Waals surface area contributed by atoms with Crippen molar-refractivity contribution in [1.82, 2.24) is 4.98 Å². The largest absolute Gasteiger partial charge is 0.494 e. The Morgan fingerprint density at radius 1 is 1.04 bits per heavy atom. The molecule has 0 spiro atoms. The highest BCUT2D eigenvalue weighted by Gasteiger charge is 2.06. The summed E-state index contributed by atoms with van der Waals surface area (Å²) in [6.45, 7) is 4.46. The molecule has 2 aromatic carbocycles. The van der Waals surface area contributed by atoms with Crippen molar-refractivity contribution in [3.05, 3.63) is 59.6 Å². The Kier molecular flexibility index (Phi) is 5.86. The van der Waals surface area contributed by atoms with Gasteiger partial charge in [0.2, 0.25) is 0 Å². The van der Waals surface area contributed by atoms with E-state index in [1.165, 1.54) is 0 Å². The van der Waals surface area contributed by atoms with Gasteiger partial charge in [-0.2, -0.15) is 0 Å². The Bertz CT molecular complexity index is 858. The summed E-state index contributed by atoms with van der Waals surface area (Å²) in [7, 11) is 0. The maximum Gasteiger partial charge on any atom is 0.262 e. The summed E-state index contributed by atoms with van der Waals surface area (Å²) < 4.78 is 10.9. The monoisotopic (exact) mass is 368 g/mol. The van der Waals surface area contributed by atoms with Crippen molar-refractivity contribution in [2.75, 3.05) is 18.5 Å². The summed E-state index contributed by atoms with van der Waals surface area (Å²) in [4.78, 5) is 16.5. The van der Waals surface area contributed by atoms with Gasteiger partial charge in [0.15, 0.2) is 6.61 Å². The Morgan fingerprint density at radius 3 is 2.31 bits per heavy atom. The topological polar surface area (TPSA) is 60.5 Å². The van der Waals surface area contributed by atoms with Crippen LogP contribution in [0.3, 0.4) is 0 Å². The zero-order chi connectivity index (χ0) is 18.4. The number of ether oxygens (including phenoxy) is 2. The lowest BCUT2D eigenvalue weighted by molar-refractivity contribution is -0.118. The van der Waals surface area contributed by atoms with Crippen molar-refractivity contribution in [2.24, 2.45) is 0 Å². The Morgan fingerprint density at radius 2 is 1.69 bits per heavy atom. The van der Waals surface area contributed by atoms with Gasteiger partial charge in [0, 0.05) is 22.3 Å². The van der Waals surface area contributed by atoms with Gasteiger partial charge in [-0.15, -0.1) is 11.3 Å². The first kappa shape index (κ1) is 17.9. The minimum Gasteiger partial charge on any atom is -0.494 e. The van der Waals surface area contributed by atoms with Crippen molar-refractivity contribution in [3.63, 3.8) is 0 Å². The summed E-state index contributed by atoms with van der Waals surface area (Å²) in [6, 6.07) is 14.8. The van der Waals surface area contributed by atoms with Gasteiger partial charge in [-0.25, -0.2) is 4.98 Å². The summed E-state index contributed by atoms with van der Waals surface area (Å²) in [5.74, 6) is 1.20. The molecule has 3 rings (SSSR count). The van der Waals surface area contributed by atoms with E-state index in [1.807, 2.05) is 55.6 Å². The SMILES string of the molecule is CCOc1ccc(NC(=O)COc2ccc(-c3nc(C)cs3)cc2)cc1. The van der Waals surface area contributed by atoms with Crippen molar-refractivity contribution in [2.45, 2.75) is 13.8 Å². The molecule has 0 unspecified atom stereocenters. The molecular weight excluding hydrogens is 348 g/mol. The van der Waals surface area contributed by atoms with Crippen LogP contribution in [0.4, 0.5) is 5.69 Å². The first-order chi connectivity index (χ1) is 12.6. The van der Waals surface area contributed by atoms with Crippen molar-refractivity contribution >= 4 is 22.9 Å². The lowest BCUT2D eigenvalue weighted by atomic mass is 10.2. The zero-order valence-corrected chi connectivity index (χ0v) is 15.5. The van der Waals surface area contributed by atoms with Crippen LogP contribution in [0.25, 0.3) is 10.6 Å². The summed E-state index contributed by atoms with van der Waals surface area (Å²) in [6.07, 6.45) is 0. The fourth-order valence-electron chi connectivity index (χ4n) is 2.33. The minimum atomic E-state index is -0.214. The quantitative estimate of drug-likeness (QED) is 0.665. The molecule has 0 atom stereocenters. The van der Waals surface area contributed by atoms with Gasteiger partial charge < -0.3 is 14.8 Å². The van der Waals surface area contributed by atoms with Gasteiger partial charge in [0.05, 0.1) is 6.61 Å². The lowest BCUT2D eigenvalue weighted by Gasteiger charge is -2.09. The number of nitrogens with zero attached hydrogens (tertiary/aromatic N) is 1. The van der Waals surface area contributed by atoms with Crippen molar-refractivity contribution in [3.8, 4) is 22.1 Å². The molecule has 0 aliphatic carbocycles. The van der Waals surface area contributed by atoms with E-state index in [1.54, 1.807) is 23.5 Å². The molecule has 134 valence electrons. The number of hydrogen-bond donors (Lipinski definition) is 1. The molecule has 0 saturated heterocycles. The van der Waals surface area contributed by atoms with E-state index < -0.39 is 0 Å². The van der Waals surface area contributed by atoms with Gasteiger partial charge in [0.25, 0.3) is 5.91 Å². The molecule has 0 saturated carbocycles. The predicted octanol–water partition coefficient (Wildman–Crippen LogP) is 4.53. The molecule has 0 radical (unpaired) electrons. The number of aryl methyl sites for hydroxylation is 1. The summed E-state index contributed by atoms with van der Waals surface area (Å²) in [5.41, 5.74) is 2.75. The van der Waals surface area contributed by atoms with E-state index in [9.17, 15) is 4.79 Å². The molecule has 1 aromatic heterocycles. The van der Waals surface area contributed by atoms with Crippen LogP contribution in [0, 0.1) is 6.92 Å². The van der Waals surface area contributed by atoms with Crippen LogP contribution in [0.15, 0.2) is 53.9 Å². The first-order valence-electron chi connectivity index (χ1n) is 8.32. The van der Waals surface area contributed by atoms with Crippen molar-refractivity contribution < 1.29 is 14.3 Å². The third-order valence-electron chi connectivity index (χ3n) is 3.54. The molecule has 0 bridgehead atoms. The third-order valence-corrected chi connectivity index (χ3v) is 4.55. The summed E-state index contributed by atoms with van der Waals surface area (Å²) in [5, 5.41) is 5.79. The second-order valence-corrected chi connectivity index (χ2v) is 6.47. The van der Waals surface area contributed by atoms with E-state index in [2.05, 4.69) is 10.3 Å². The molecule has 0 aliphatic heterocycles. The Labute approximate surface area is 156 Å². The fraction of sp³-hybridized carbons (Fsp3) is 0.200. The second-order valence-electron chi connectivity index (χ2n) is 5.61. The van der Waals surface area contributed by atoms with Gasteiger partial charge in [-0.3, -0.25) is 4.79 Å². The van der Waals surface area contributed by atoms with E-state index in [4.69, 9.17) is 9.47 Å². The molecule has 0 fully saturated rings. The fourth-order valence-corrected chi connectivity index (χ4v) is 3.13. The number of aromatic nitrogens is 1. The molecule has 6 heteroatoms. The number of rotatable bonds is 7. The molecule has 1 heterocycles.